The maximum Gasteiger partial charge on any atom is 0.153 e. The summed E-state index contributed by atoms with van der Waals surface area (Å²) in [6, 6.07) is 2.31. The Balaban J connectivity index is 2.49. The van der Waals surface area contributed by atoms with Gasteiger partial charge in [0, 0.05) is 6.42 Å². The number of nitrogens with zero attached hydrogens (tertiary/aromatic N) is 1. The van der Waals surface area contributed by atoms with Crippen molar-refractivity contribution in [2.45, 2.75) is 71.1 Å². The molecule has 0 aromatic heterocycles. The first kappa shape index (κ1) is 15.0. The lowest BCUT2D eigenvalue weighted by Crippen LogP contribution is -2.27. The first-order valence-corrected chi connectivity index (χ1v) is 7.35. The van der Waals surface area contributed by atoms with Crippen LogP contribution in [0.1, 0.15) is 71.1 Å². The maximum atomic E-state index is 12.1. The minimum absolute atomic E-state index is 0.167. The van der Waals surface area contributed by atoms with E-state index in [2.05, 4.69) is 25.1 Å². The number of Topliss-reactive ketones (excluding diaryl/α,β-unsaturated/α-hetero) is 1. The van der Waals surface area contributed by atoms with Crippen molar-refractivity contribution < 1.29 is 4.79 Å². The van der Waals surface area contributed by atoms with E-state index >= 15 is 0 Å². The summed E-state index contributed by atoms with van der Waals surface area (Å²) in [4.78, 5) is 12.1. The minimum atomic E-state index is -0.711. The lowest BCUT2D eigenvalue weighted by molar-refractivity contribution is -0.125. The molecular weight excluding hydrogens is 222 g/mol. The maximum absolute atomic E-state index is 12.1. The lowest BCUT2D eigenvalue weighted by atomic mass is 9.78. The van der Waals surface area contributed by atoms with Gasteiger partial charge < -0.3 is 0 Å². The van der Waals surface area contributed by atoms with Crippen molar-refractivity contribution in [1.29, 1.82) is 5.26 Å². The van der Waals surface area contributed by atoms with Crippen LogP contribution in [0.15, 0.2) is 12.2 Å². The highest BCUT2D eigenvalue weighted by atomic mass is 16.1. The van der Waals surface area contributed by atoms with Crippen LogP contribution in [0.4, 0.5) is 0 Å². The zero-order chi connectivity index (χ0) is 13.3. The summed E-state index contributed by atoms with van der Waals surface area (Å²) in [5.41, 5.74) is -0.711. The first-order valence-electron chi connectivity index (χ1n) is 7.35. The molecule has 0 bridgehead atoms. The van der Waals surface area contributed by atoms with E-state index in [1.165, 1.54) is 19.3 Å². The molecule has 1 aliphatic carbocycles. The third-order valence-corrected chi connectivity index (χ3v) is 3.86. The van der Waals surface area contributed by atoms with Crippen molar-refractivity contribution in [1.82, 2.24) is 0 Å². The van der Waals surface area contributed by atoms with Gasteiger partial charge in [-0.25, -0.2) is 0 Å². The predicted octanol–water partition coefficient (Wildman–Crippen LogP) is 4.56. The monoisotopic (exact) mass is 247 g/mol. The number of allylic oxidation sites excluding steroid dienone is 2. The number of carbonyl (C=O) groups is 1. The molecule has 0 aromatic carbocycles. The second kappa shape index (κ2) is 8.08. The van der Waals surface area contributed by atoms with Crippen molar-refractivity contribution >= 4 is 5.78 Å². The number of ketones is 1. The molecule has 1 saturated carbocycles. The van der Waals surface area contributed by atoms with Crippen LogP contribution in [0, 0.1) is 16.7 Å². The Hall–Kier alpha value is -1.10. The van der Waals surface area contributed by atoms with Crippen LogP contribution in [0.25, 0.3) is 0 Å². The molecule has 2 heteroatoms. The largest absolute Gasteiger partial charge is 0.298 e. The number of nitriles is 1. The summed E-state index contributed by atoms with van der Waals surface area (Å²) in [6.45, 7) is 2.19. The van der Waals surface area contributed by atoms with Gasteiger partial charge in [-0.3, -0.25) is 4.79 Å². The molecule has 100 valence electrons. The third-order valence-electron chi connectivity index (χ3n) is 3.86. The molecule has 1 aliphatic rings. The second-order valence-electron chi connectivity index (χ2n) is 5.35. The van der Waals surface area contributed by atoms with Crippen LogP contribution in [0.2, 0.25) is 0 Å². The molecule has 0 amide bonds. The fraction of sp³-hybridized carbons (Fsp3) is 0.750. The summed E-state index contributed by atoms with van der Waals surface area (Å²) in [7, 11) is 0. The Labute approximate surface area is 111 Å². The van der Waals surface area contributed by atoms with Gasteiger partial charge in [0.2, 0.25) is 0 Å². The standard InChI is InChI=1S/C16H25NO/c1-2-3-4-5-6-9-12-16(14-17)13-10-7-8-11-15(16)18/h6,9H,2-5,7-8,10-13H2,1H3/b9-6+/t16-/m1/s1. The van der Waals surface area contributed by atoms with Crippen molar-refractivity contribution in [2.75, 3.05) is 0 Å². The van der Waals surface area contributed by atoms with E-state index < -0.39 is 5.41 Å². The van der Waals surface area contributed by atoms with Gasteiger partial charge in [-0.05, 0) is 32.1 Å². The SMILES string of the molecule is CCCCC/C=C/C[C@]1(C#N)CCCCCC1=O. The third kappa shape index (κ3) is 4.29. The van der Waals surface area contributed by atoms with Crippen LogP contribution < -0.4 is 0 Å². The van der Waals surface area contributed by atoms with Gasteiger partial charge in [-0.2, -0.15) is 5.26 Å². The van der Waals surface area contributed by atoms with Gasteiger partial charge in [0.05, 0.1) is 6.07 Å². The molecule has 2 nitrogen and oxygen atoms in total. The quantitative estimate of drug-likeness (QED) is 0.392. The molecule has 1 atom stereocenters. The molecule has 1 fully saturated rings. The van der Waals surface area contributed by atoms with Gasteiger partial charge in [-0.1, -0.05) is 44.8 Å². The van der Waals surface area contributed by atoms with E-state index in [0.29, 0.717) is 12.8 Å². The molecule has 0 heterocycles. The number of hydrogen-bond donors (Lipinski definition) is 0. The van der Waals surface area contributed by atoms with Crippen LogP contribution in [0.3, 0.4) is 0 Å². The van der Waals surface area contributed by atoms with E-state index in [4.69, 9.17) is 0 Å². The van der Waals surface area contributed by atoms with Gasteiger partial charge >= 0.3 is 0 Å². The van der Waals surface area contributed by atoms with Crippen LogP contribution >= 0.6 is 0 Å². The van der Waals surface area contributed by atoms with Crippen molar-refractivity contribution in [3.8, 4) is 6.07 Å². The van der Waals surface area contributed by atoms with Crippen molar-refractivity contribution in [2.24, 2.45) is 5.41 Å². The van der Waals surface area contributed by atoms with Crippen LogP contribution in [-0.2, 0) is 4.79 Å². The summed E-state index contributed by atoms with van der Waals surface area (Å²) in [5, 5.41) is 9.37. The normalized spacial score (nSPS) is 25.0. The molecular formula is C16H25NO. The van der Waals surface area contributed by atoms with Crippen molar-refractivity contribution in [3.05, 3.63) is 12.2 Å². The molecule has 1 rings (SSSR count). The second-order valence-corrected chi connectivity index (χ2v) is 5.35. The zero-order valence-corrected chi connectivity index (χ0v) is 11.6. The van der Waals surface area contributed by atoms with Gasteiger partial charge in [0.1, 0.15) is 5.41 Å². The van der Waals surface area contributed by atoms with Gasteiger partial charge in [-0.15, -0.1) is 0 Å². The topological polar surface area (TPSA) is 40.9 Å². The molecule has 0 N–H and O–H groups in total. The Morgan fingerprint density at radius 3 is 2.83 bits per heavy atom. The van der Waals surface area contributed by atoms with Crippen LogP contribution in [-0.4, -0.2) is 5.78 Å². The Kier molecular flexibility index (Phi) is 6.72. The molecule has 0 aromatic rings. The summed E-state index contributed by atoms with van der Waals surface area (Å²) < 4.78 is 0. The summed E-state index contributed by atoms with van der Waals surface area (Å²) in [5.74, 6) is 0.167. The summed E-state index contributed by atoms with van der Waals surface area (Å²) in [6.07, 6.45) is 14.0. The molecule has 18 heavy (non-hydrogen) atoms. The number of hydrogen-bond acceptors (Lipinski definition) is 2. The average molecular weight is 247 g/mol. The highest BCUT2D eigenvalue weighted by Crippen LogP contribution is 2.35. The fourth-order valence-corrected chi connectivity index (χ4v) is 2.56. The Morgan fingerprint density at radius 1 is 1.28 bits per heavy atom. The first-order chi connectivity index (χ1) is 8.75. The van der Waals surface area contributed by atoms with E-state index in [1.807, 2.05) is 0 Å². The Morgan fingerprint density at radius 2 is 2.11 bits per heavy atom. The van der Waals surface area contributed by atoms with Crippen molar-refractivity contribution in [3.63, 3.8) is 0 Å². The lowest BCUT2D eigenvalue weighted by Gasteiger charge is -2.21. The molecule has 0 saturated heterocycles. The highest BCUT2D eigenvalue weighted by molar-refractivity contribution is 5.87. The van der Waals surface area contributed by atoms with E-state index in [-0.39, 0.29) is 5.78 Å². The fourth-order valence-electron chi connectivity index (χ4n) is 2.56. The van der Waals surface area contributed by atoms with Gasteiger partial charge in [0.15, 0.2) is 5.78 Å². The molecule has 0 spiro atoms. The van der Waals surface area contributed by atoms with Crippen LogP contribution in [0.5, 0.6) is 0 Å². The van der Waals surface area contributed by atoms with E-state index in [9.17, 15) is 10.1 Å². The number of rotatable bonds is 6. The average Bonchev–Trinajstić information content (AvgIpc) is 2.57. The molecule has 0 radical (unpaired) electrons. The zero-order valence-electron chi connectivity index (χ0n) is 11.6. The molecule has 0 unspecified atom stereocenters. The number of carbonyl (C=O) groups excluding carboxylic acids is 1. The Bertz CT molecular complexity index is 326. The highest BCUT2D eigenvalue weighted by Gasteiger charge is 2.37. The molecule has 0 aliphatic heterocycles. The minimum Gasteiger partial charge on any atom is -0.298 e. The van der Waals surface area contributed by atoms with Gasteiger partial charge in [0.25, 0.3) is 0 Å². The van der Waals surface area contributed by atoms with E-state index in [0.717, 1.165) is 32.1 Å². The van der Waals surface area contributed by atoms with E-state index in [1.54, 1.807) is 0 Å². The smallest absolute Gasteiger partial charge is 0.153 e. The predicted molar refractivity (Wildman–Crippen MR) is 74.0 cm³/mol. The summed E-state index contributed by atoms with van der Waals surface area (Å²) >= 11 is 0. The number of unbranched alkanes of at least 4 members (excludes halogenated alkanes) is 3.